The van der Waals surface area contributed by atoms with Crippen molar-refractivity contribution in [1.29, 1.82) is 0 Å². The molecule has 0 bridgehead atoms. The molecular weight excluding hydrogens is 396 g/mol. The Kier molecular flexibility index (Phi) is 6.94. The third-order valence-corrected chi connectivity index (χ3v) is 3.76. The van der Waals surface area contributed by atoms with Crippen molar-refractivity contribution in [2.75, 3.05) is 11.9 Å². The molecule has 0 aliphatic heterocycles. The number of amides is 1. The Morgan fingerprint density at radius 2 is 1.57 bits per heavy atom. The van der Waals surface area contributed by atoms with E-state index in [0.717, 1.165) is 6.07 Å². The van der Waals surface area contributed by atoms with Crippen LogP contribution < -0.4 is 14.8 Å². The minimum Gasteiger partial charge on any atom is -0.455 e. The van der Waals surface area contributed by atoms with E-state index in [1.54, 1.807) is 36.4 Å². The Morgan fingerprint density at radius 3 is 2.33 bits per heavy atom. The molecule has 3 rings (SSSR count). The molecule has 0 heterocycles. The number of rotatable bonds is 8. The lowest BCUT2D eigenvalue weighted by atomic mass is 10.2. The van der Waals surface area contributed by atoms with E-state index in [1.807, 2.05) is 18.2 Å². The lowest BCUT2D eigenvalue weighted by Gasteiger charge is -2.12. The first-order chi connectivity index (χ1) is 14.5. The summed E-state index contributed by atoms with van der Waals surface area (Å²) in [6.45, 7) is -3.58. The number of para-hydroxylation sites is 3. The van der Waals surface area contributed by atoms with Gasteiger partial charge in [-0.2, -0.15) is 8.78 Å². The molecular formula is C22H17F2NO5. The molecule has 0 saturated heterocycles. The van der Waals surface area contributed by atoms with Gasteiger partial charge in [0.05, 0.1) is 11.3 Å². The summed E-state index contributed by atoms with van der Waals surface area (Å²) < 4.78 is 39.5. The predicted molar refractivity (Wildman–Crippen MR) is 105 cm³/mol. The van der Waals surface area contributed by atoms with Crippen molar-refractivity contribution in [2.24, 2.45) is 0 Å². The number of nitrogens with one attached hydrogen (secondary N) is 1. The van der Waals surface area contributed by atoms with Crippen molar-refractivity contribution in [3.8, 4) is 17.2 Å². The van der Waals surface area contributed by atoms with Gasteiger partial charge in [-0.25, -0.2) is 4.79 Å². The molecule has 0 aromatic heterocycles. The summed E-state index contributed by atoms with van der Waals surface area (Å²) in [6, 6.07) is 20.9. The maximum atomic E-state index is 12.3. The van der Waals surface area contributed by atoms with Gasteiger partial charge in [0.1, 0.15) is 11.5 Å². The first-order valence-electron chi connectivity index (χ1n) is 8.85. The van der Waals surface area contributed by atoms with E-state index in [9.17, 15) is 18.4 Å². The maximum Gasteiger partial charge on any atom is 0.387 e. The van der Waals surface area contributed by atoms with E-state index in [1.165, 1.54) is 18.2 Å². The topological polar surface area (TPSA) is 73.9 Å². The summed E-state index contributed by atoms with van der Waals surface area (Å²) in [5.41, 5.74) is 0.378. The average Bonchev–Trinajstić information content (AvgIpc) is 2.74. The van der Waals surface area contributed by atoms with Gasteiger partial charge in [-0.15, -0.1) is 0 Å². The smallest absolute Gasteiger partial charge is 0.387 e. The van der Waals surface area contributed by atoms with Crippen LogP contribution in [0.15, 0.2) is 78.9 Å². The van der Waals surface area contributed by atoms with Crippen LogP contribution in [0.1, 0.15) is 10.4 Å². The SMILES string of the molecule is O=C(COC(=O)c1cccc(OC(F)F)c1)Nc1ccccc1Oc1ccccc1. The second kappa shape index (κ2) is 10.0. The quantitative estimate of drug-likeness (QED) is 0.533. The van der Waals surface area contributed by atoms with E-state index in [-0.39, 0.29) is 11.3 Å². The highest BCUT2D eigenvalue weighted by atomic mass is 19.3. The molecule has 1 N–H and O–H groups in total. The van der Waals surface area contributed by atoms with Crippen LogP contribution in [0.4, 0.5) is 14.5 Å². The van der Waals surface area contributed by atoms with Crippen LogP contribution >= 0.6 is 0 Å². The number of halogens is 2. The lowest BCUT2D eigenvalue weighted by Crippen LogP contribution is -2.21. The van der Waals surface area contributed by atoms with Crippen molar-refractivity contribution < 1.29 is 32.6 Å². The molecule has 30 heavy (non-hydrogen) atoms. The number of alkyl halides is 2. The zero-order chi connectivity index (χ0) is 21.3. The third kappa shape index (κ3) is 6.03. The van der Waals surface area contributed by atoms with E-state index in [2.05, 4.69) is 10.1 Å². The Hall–Kier alpha value is -3.94. The van der Waals surface area contributed by atoms with Gasteiger partial charge in [0, 0.05) is 0 Å². The van der Waals surface area contributed by atoms with Gasteiger partial charge in [0.15, 0.2) is 12.4 Å². The molecule has 6 nitrogen and oxygen atoms in total. The standard InChI is InChI=1S/C22H17F2NO5/c23-22(24)30-17-10-6-7-15(13-17)21(27)28-14-20(26)25-18-11-4-5-12-19(18)29-16-8-2-1-3-9-16/h1-13,22H,14H2,(H,25,26). The molecule has 3 aromatic carbocycles. The summed E-state index contributed by atoms with van der Waals surface area (Å²) in [5.74, 6) is -0.612. The minimum absolute atomic E-state index is 0.0197. The number of hydrogen-bond donors (Lipinski definition) is 1. The number of esters is 1. The van der Waals surface area contributed by atoms with Gasteiger partial charge in [0.2, 0.25) is 0 Å². The fourth-order valence-electron chi connectivity index (χ4n) is 2.47. The minimum atomic E-state index is -3.01. The van der Waals surface area contributed by atoms with Gasteiger partial charge in [0.25, 0.3) is 5.91 Å². The van der Waals surface area contributed by atoms with Crippen molar-refractivity contribution >= 4 is 17.6 Å². The van der Waals surface area contributed by atoms with Crippen molar-refractivity contribution in [3.05, 3.63) is 84.4 Å². The van der Waals surface area contributed by atoms with Crippen molar-refractivity contribution in [3.63, 3.8) is 0 Å². The van der Waals surface area contributed by atoms with Crippen LogP contribution in [0.2, 0.25) is 0 Å². The third-order valence-electron chi connectivity index (χ3n) is 3.76. The van der Waals surface area contributed by atoms with Crippen LogP contribution in [0.5, 0.6) is 17.2 Å². The van der Waals surface area contributed by atoms with Gasteiger partial charge < -0.3 is 19.5 Å². The van der Waals surface area contributed by atoms with Gasteiger partial charge >= 0.3 is 12.6 Å². The highest BCUT2D eigenvalue weighted by Crippen LogP contribution is 2.29. The van der Waals surface area contributed by atoms with E-state index in [4.69, 9.17) is 9.47 Å². The fraction of sp³-hybridized carbons (Fsp3) is 0.0909. The molecule has 0 unspecified atom stereocenters. The molecule has 0 atom stereocenters. The molecule has 0 fully saturated rings. The normalized spacial score (nSPS) is 10.4. The van der Waals surface area contributed by atoms with Crippen LogP contribution in [-0.4, -0.2) is 25.1 Å². The summed E-state index contributed by atoms with van der Waals surface area (Å²) in [4.78, 5) is 24.3. The molecule has 8 heteroatoms. The Labute approximate surface area is 171 Å². The molecule has 0 aliphatic rings. The largest absolute Gasteiger partial charge is 0.455 e. The van der Waals surface area contributed by atoms with Crippen LogP contribution in [0, 0.1) is 0 Å². The summed E-state index contributed by atoms with van der Waals surface area (Å²) >= 11 is 0. The molecule has 0 spiro atoms. The number of anilines is 1. The highest BCUT2D eigenvalue weighted by Gasteiger charge is 2.14. The van der Waals surface area contributed by atoms with E-state index < -0.39 is 25.1 Å². The lowest BCUT2D eigenvalue weighted by molar-refractivity contribution is -0.119. The summed E-state index contributed by atoms with van der Waals surface area (Å²) in [5, 5.41) is 2.61. The zero-order valence-corrected chi connectivity index (χ0v) is 15.6. The van der Waals surface area contributed by atoms with E-state index in [0.29, 0.717) is 17.2 Å². The van der Waals surface area contributed by atoms with Crippen LogP contribution in [0.3, 0.4) is 0 Å². The summed E-state index contributed by atoms with van der Waals surface area (Å²) in [7, 11) is 0. The first-order valence-corrected chi connectivity index (χ1v) is 8.85. The van der Waals surface area contributed by atoms with E-state index >= 15 is 0 Å². The number of hydrogen-bond acceptors (Lipinski definition) is 5. The second-order valence-electron chi connectivity index (χ2n) is 5.94. The summed E-state index contributed by atoms with van der Waals surface area (Å²) in [6.07, 6.45) is 0. The molecule has 0 radical (unpaired) electrons. The highest BCUT2D eigenvalue weighted by molar-refractivity contribution is 5.96. The molecule has 0 aliphatic carbocycles. The fourth-order valence-corrected chi connectivity index (χ4v) is 2.47. The average molecular weight is 413 g/mol. The Balaban J connectivity index is 1.58. The van der Waals surface area contributed by atoms with Gasteiger partial charge in [-0.1, -0.05) is 36.4 Å². The molecule has 1 amide bonds. The Morgan fingerprint density at radius 1 is 0.867 bits per heavy atom. The second-order valence-corrected chi connectivity index (χ2v) is 5.94. The number of carbonyl (C=O) groups excluding carboxylic acids is 2. The van der Waals surface area contributed by atoms with Crippen molar-refractivity contribution in [2.45, 2.75) is 6.61 Å². The maximum absolute atomic E-state index is 12.3. The molecule has 0 saturated carbocycles. The monoisotopic (exact) mass is 413 g/mol. The molecule has 3 aromatic rings. The predicted octanol–water partition coefficient (Wildman–Crippen LogP) is 4.88. The van der Waals surface area contributed by atoms with Crippen LogP contribution in [0.25, 0.3) is 0 Å². The number of ether oxygens (including phenoxy) is 3. The molecule has 154 valence electrons. The van der Waals surface area contributed by atoms with Crippen LogP contribution in [-0.2, 0) is 9.53 Å². The number of benzene rings is 3. The van der Waals surface area contributed by atoms with Crippen molar-refractivity contribution in [1.82, 2.24) is 0 Å². The van der Waals surface area contributed by atoms with Gasteiger partial charge in [-0.05, 0) is 42.5 Å². The first kappa shape index (κ1) is 20.8. The number of carbonyl (C=O) groups is 2. The Bertz CT molecular complexity index is 1010. The zero-order valence-electron chi connectivity index (χ0n) is 15.6. The van der Waals surface area contributed by atoms with Gasteiger partial charge in [-0.3, -0.25) is 4.79 Å².